The minimum Gasteiger partial charge on any atom is -0.492 e. The van der Waals surface area contributed by atoms with Crippen LogP contribution in [0.15, 0.2) is 47.4 Å². The molecule has 9 heteroatoms. The molecule has 0 spiro atoms. The minimum atomic E-state index is -3.73. The van der Waals surface area contributed by atoms with Gasteiger partial charge in [-0.2, -0.15) is 4.31 Å². The lowest BCUT2D eigenvalue weighted by Gasteiger charge is -2.33. The quantitative estimate of drug-likeness (QED) is 0.700. The normalized spacial score (nSPS) is 17.6. The van der Waals surface area contributed by atoms with Crippen LogP contribution in [0.3, 0.4) is 0 Å². The van der Waals surface area contributed by atoms with Gasteiger partial charge in [0, 0.05) is 32.7 Å². The number of hydrogen-bond acceptors (Lipinski definition) is 6. The van der Waals surface area contributed by atoms with Crippen molar-refractivity contribution in [1.29, 1.82) is 0 Å². The Morgan fingerprint density at radius 1 is 1.00 bits per heavy atom. The Morgan fingerprint density at radius 3 is 2.40 bits per heavy atom. The first-order valence-electron chi connectivity index (χ1n) is 9.76. The summed E-state index contributed by atoms with van der Waals surface area (Å²) in [5.41, 5.74) is 1.63. The molecule has 0 bridgehead atoms. The van der Waals surface area contributed by atoms with Gasteiger partial charge in [-0.05, 0) is 37.3 Å². The number of carbonyl (C=O) groups is 2. The van der Waals surface area contributed by atoms with Gasteiger partial charge in [0.2, 0.25) is 10.0 Å². The smallest absolute Gasteiger partial charge is 0.296 e. The Balaban J connectivity index is 1.33. The summed E-state index contributed by atoms with van der Waals surface area (Å²) in [5, 5.41) is 2.43. The summed E-state index contributed by atoms with van der Waals surface area (Å²) in [7, 11) is -3.73. The minimum absolute atomic E-state index is 0.0299. The molecule has 0 saturated carbocycles. The zero-order valence-electron chi connectivity index (χ0n) is 16.6. The van der Waals surface area contributed by atoms with Crippen LogP contribution in [0.2, 0.25) is 0 Å². The van der Waals surface area contributed by atoms with Crippen LogP contribution < -0.4 is 10.1 Å². The highest BCUT2D eigenvalue weighted by Crippen LogP contribution is 2.27. The lowest BCUT2D eigenvalue weighted by atomic mass is 10.1. The van der Waals surface area contributed by atoms with E-state index in [1.54, 1.807) is 0 Å². The average Bonchev–Trinajstić information content (AvgIpc) is 3.03. The Hall–Kier alpha value is -2.75. The zero-order chi connectivity index (χ0) is 21.3. The second kappa shape index (κ2) is 8.17. The molecule has 1 saturated heterocycles. The third-order valence-electron chi connectivity index (χ3n) is 5.36. The van der Waals surface area contributed by atoms with Crippen LogP contribution in [0.25, 0.3) is 0 Å². The Bertz CT molecular complexity index is 1070. The number of nitrogens with zero attached hydrogens (tertiary/aromatic N) is 2. The number of fused-ring (bicyclic) bond motifs is 1. The molecule has 0 aromatic heterocycles. The molecule has 0 aliphatic carbocycles. The molecule has 8 nitrogen and oxygen atoms in total. The van der Waals surface area contributed by atoms with Crippen LogP contribution in [-0.2, 0) is 14.8 Å². The van der Waals surface area contributed by atoms with Gasteiger partial charge in [0.15, 0.2) is 0 Å². The molecule has 0 radical (unpaired) electrons. The number of Topliss-reactive ketones (excluding diaryl/α,β-unsaturated/α-hetero) is 1. The first kappa shape index (κ1) is 20.5. The van der Waals surface area contributed by atoms with Crippen molar-refractivity contribution in [2.45, 2.75) is 11.8 Å². The van der Waals surface area contributed by atoms with Crippen LogP contribution in [-0.4, -0.2) is 68.6 Å². The van der Waals surface area contributed by atoms with E-state index in [0.717, 1.165) is 5.75 Å². The molecule has 0 atom stereocenters. The highest BCUT2D eigenvalue weighted by atomic mass is 32.2. The van der Waals surface area contributed by atoms with Crippen molar-refractivity contribution in [3.05, 3.63) is 53.6 Å². The molecule has 2 aliphatic rings. The molecule has 30 heavy (non-hydrogen) atoms. The van der Waals surface area contributed by atoms with E-state index in [0.29, 0.717) is 45.0 Å². The molecule has 4 rings (SSSR count). The molecule has 158 valence electrons. The maximum absolute atomic E-state index is 13.0. The molecule has 1 fully saturated rings. The van der Waals surface area contributed by atoms with E-state index in [4.69, 9.17) is 4.74 Å². The van der Waals surface area contributed by atoms with Crippen molar-refractivity contribution < 1.29 is 22.7 Å². The molecule has 2 aromatic carbocycles. The number of nitrogens with one attached hydrogen (secondary N) is 1. The molecule has 2 aliphatic heterocycles. The first-order chi connectivity index (χ1) is 14.3. The van der Waals surface area contributed by atoms with Gasteiger partial charge in [0.1, 0.15) is 12.4 Å². The third-order valence-corrected chi connectivity index (χ3v) is 7.25. The van der Waals surface area contributed by atoms with E-state index in [1.807, 2.05) is 31.2 Å². The van der Waals surface area contributed by atoms with Crippen molar-refractivity contribution in [1.82, 2.24) is 9.21 Å². The Kier molecular flexibility index (Phi) is 5.59. The van der Waals surface area contributed by atoms with Gasteiger partial charge in [-0.25, -0.2) is 8.42 Å². The Morgan fingerprint density at radius 2 is 1.70 bits per heavy atom. The zero-order valence-corrected chi connectivity index (χ0v) is 17.4. The number of carbonyl (C=O) groups excluding carboxylic acids is 2. The number of anilines is 1. The monoisotopic (exact) mass is 429 g/mol. The van der Waals surface area contributed by atoms with Gasteiger partial charge in [0.05, 0.1) is 16.1 Å². The van der Waals surface area contributed by atoms with Gasteiger partial charge in [-0.15, -0.1) is 0 Å². The van der Waals surface area contributed by atoms with Crippen LogP contribution in [0, 0.1) is 6.92 Å². The number of sulfonamides is 1. The molecular formula is C21H23N3O5S. The van der Waals surface area contributed by atoms with Gasteiger partial charge in [-0.1, -0.05) is 17.7 Å². The van der Waals surface area contributed by atoms with Gasteiger partial charge < -0.3 is 10.1 Å². The standard InChI is InChI=1S/C21H23N3O5S/c1-15-2-4-16(5-3-15)29-13-12-23-8-10-24(11-9-23)30(27,28)17-6-7-19-18(14-17)20(25)21(26)22-19/h2-7,14H,8-13H2,1H3,(H,22,25,26). The van der Waals surface area contributed by atoms with Crippen LogP contribution in [0.5, 0.6) is 5.75 Å². The summed E-state index contributed by atoms with van der Waals surface area (Å²) in [6.07, 6.45) is 0. The fourth-order valence-corrected chi connectivity index (χ4v) is 5.00. The van der Waals surface area contributed by atoms with E-state index in [-0.39, 0.29) is 10.5 Å². The SMILES string of the molecule is Cc1ccc(OCCN2CCN(S(=O)(=O)c3ccc4c(c3)C(=O)C(=O)N4)CC2)cc1. The first-order valence-corrected chi connectivity index (χ1v) is 11.2. The second-order valence-electron chi connectivity index (χ2n) is 7.40. The summed E-state index contributed by atoms with van der Waals surface area (Å²) < 4.78 is 33.1. The number of hydrogen-bond donors (Lipinski definition) is 1. The van der Waals surface area contributed by atoms with E-state index >= 15 is 0 Å². The largest absolute Gasteiger partial charge is 0.492 e. The molecular weight excluding hydrogens is 406 g/mol. The van der Waals surface area contributed by atoms with Gasteiger partial charge in [-0.3, -0.25) is 14.5 Å². The number of amides is 1. The highest BCUT2D eigenvalue weighted by molar-refractivity contribution is 7.89. The maximum atomic E-state index is 13.0. The van der Waals surface area contributed by atoms with Crippen LogP contribution in [0.4, 0.5) is 5.69 Å². The predicted molar refractivity (Wildman–Crippen MR) is 111 cm³/mol. The lowest BCUT2D eigenvalue weighted by Crippen LogP contribution is -2.49. The summed E-state index contributed by atoms with van der Waals surface area (Å²) in [4.78, 5) is 25.6. The van der Waals surface area contributed by atoms with Gasteiger partial charge >= 0.3 is 0 Å². The molecule has 1 amide bonds. The number of benzene rings is 2. The molecule has 2 heterocycles. The van der Waals surface area contributed by atoms with Crippen molar-refractivity contribution in [2.24, 2.45) is 0 Å². The van der Waals surface area contributed by atoms with E-state index in [9.17, 15) is 18.0 Å². The summed E-state index contributed by atoms with van der Waals surface area (Å²) in [6.45, 7) is 5.17. The highest BCUT2D eigenvalue weighted by Gasteiger charge is 2.33. The van der Waals surface area contributed by atoms with Gasteiger partial charge in [0.25, 0.3) is 11.7 Å². The topological polar surface area (TPSA) is 96.0 Å². The number of ketones is 1. The van der Waals surface area contributed by atoms with Crippen LogP contribution in [0.1, 0.15) is 15.9 Å². The van der Waals surface area contributed by atoms with Crippen molar-refractivity contribution in [3.8, 4) is 5.75 Å². The third kappa shape index (κ3) is 4.09. The fourth-order valence-electron chi connectivity index (χ4n) is 3.55. The summed E-state index contributed by atoms with van der Waals surface area (Å²) in [6, 6.07) is 12.0. The average molecular weight is 429 g/mol. The second-order valence-corrected chi connectivity index (χ2v) is 9.34. The van der Waals surface area contributed by atoms with E-state index in [1.165, 1.54) is 28.1 Å². The molecule has 0 unspecified atom stereocenters. The number of ether oxygens (including phenoxy) is 1. The van der Waals surface area contributed by atoms with Crippen LogP contribution >= 0.6 is 0 Å². The predicted octanol–water partition coefficient (Wildman–Crippen LogP) is 1.52. The van der Waals surface area contributed by atoms with Crippen molar-refractivity contribution >= 4 is 27.4 Å². The number of aryl methyl sites for hydroxylation is 1. The molecule has 1 N–H and O–H groups in total. The maximum Gasteiger partial charge on any atom is 0.296 e. The van der Waals surface area contributed by atoms with E-state index < -0.39 is 21.7 Å². The summed E-state index contributed by atoms with van der Waals surface area (Å²) >= 11 is 0. The molecule has 2 aromatic rings. The number of piperazine rings is 1. The van der Waals surface area contributed by atoms with E-state index in [2.05, 4.69) is 10.2 Å². The summed E-state index contributed by atoms with van der Waals surface area (Å²) in [5.74, 6) is -0.623. The van der Waals surface area contributed by atoms with Crippen molar-refractivity contribution in [3.63, 3.8) is 0 Å². The lowest BCUT2D eigenvalue weighted by molar-refractivity contribution is -0.112. The fraction of sp³-hybridized carbons (Fsp3) is 0.333. The van der Waals surface area contributed by atoms with Crippen molar-refractivity contribution in [2.75, 3.05) is 44.6 Å². The number of rotatable bonds is 6. The Labute approximate surface area is 175 Å².